The Balaban J connectivity index is 2.42. The molecule has 0 saturated heterocycles. The number of rotatable bonds is 4. The van der Waals surface area contributed by atoms with Gasteiger partial charge in [-0.3, -0.25) is 9.67 Å². The topological polar surface area (TPSA) is 50.9 Å². The van der Waals surface area contributed by atoms with Crippen LogP contribution in [0.1, 0.15) is 36.4 Å². The first-order valence-electron chi connectivity index (χ1n) is 5.96. The highest BCUT2D eigenvalue weighted by Gasteiger charge is 2.20. The molecular formula is C13H16BrN3O. The Hall–Kier alpha value is -1.20. The van der Waals surface area contributed by atoms with Crippen molar-refractivity contribution in [3.05, 3.63) is 46.0 Å². The van der Waals surface area contributed by atoms with E-state index in [4.69, 9.17) is 0 Å². The zero-order valence-electron chi connectivity index (χ0n) is 10.5. The molecule has 96 valence electrons. The predicted molar refractivity (Wildman–Crippen MR) is 73.3 cm³/mol. The van der Waals surface area contributed by atoms with E-state index in [0.29, 0.717) is 0 Å². The lowest BCUT2D eigenvalue weighted by molar-refractivity contribution is 0.205. The normalized spacial score (nSPS) is 12.7. The molecule has 4 nitrogen and oxygen atoms in total. The van der Waals surface area contributed by atoms with Gasteiger partial charge in [0.1, 0.15) is 6.10 Å². The molecule has 0 aromatic carbocycles. The molecule has 2 aromatic rings. The number of aliphatic hydroxyl groups excluding tert-OH is 1. The summed E-state index contributed by atoms with van der Waals surface area (Å²) < 4.78 is 2.66. The lowest BCUT2D eigenvalue weighted by Crippen LogP contribution is -2.12. The Morgan fingerprint density at radius 3 is 2.94 bits per heavy atom. The number of hydrogen-bond acceptors (Lipinski definition) is 3. The second-order valence-corrected chi connectivity index (χ2v) is 5.04. The molecule has 5 heteroatoms. The summed E-state index contributed by atoms with van der Waals surface area (Å²) in [5.74, 6) is 0. The fourth-order valence-corrected chi connectivity index (χ4v) is 2.48. The summed E-state index contributed by atoms with van der Waals surface area (Å²) >= 11 is 3.45. The maximum atomic E-state index is 10.5. The standard InChI is InChI=1S/C13H16BrN3O/c1-3-7-17-12(11(14)8-16-17)13(18)10-5-4-6-15-9(10)2/h4-6,8,13,18H,3,7H2,1-2H3. The van der Waals surface area contributed by atoms with Gasteiger partial charge in [-0.2, -0.15) is 5.10 Å². The van der Waals surface area contributed by atoms with Crippen LogP contribution < -0.4 is 0 Å². The molecule has 2 heterocycles. The van der Waals surface area contributed by atoms with E-state index in [9.17, 15) is 5.11 Å². The van der Waals surface area contributed by atoms with Crippen molar-refractivity contribution in [1.29, 1.82) is 0 Å². The molecule has 0 saturated carbocycles. The van der Waals surface area contributed by atoms with Crippen molar-refractivity contribution < 1.29 is 5.11 Å². The number of pyridine rings is 1. The van der Waals surface area contributed by atoms with E-state index in [-0.39, 0.29) is 0 Å². The average Bonchev–Trinajstić information content (AvgIpc) is 2.71. The third kappa shape index (κ3) is 2.47. The molecule has 0 spiro atoms. The van der Waals surface area contributed by atoms with E-state index in [2.05, 4.69) is 32.9 Å². The van der Waals surface area contributed by atoms with E-state index >= 15 is 0 Å². The number of hydrogen-bond donors (Lipinski definition) is 1. The number of aliphatic hydroxyl groups is 1. The summed E-state index contributed by atoms with van der Waals surface area (Å²) in [6.07, 6.45) is 3.71. The zero-order valence-corrected chi connectivity index (χ0v) is 12.1. The van der Waals surface area contributed by atoms with E-state index in [0.717, 1.165) is 34.4 Å². The molecule has 0 aliphatic carbocycles. The summed E-state index contributed by atoms with van der Waals surface area (Å²) in [5, 5.41) is 14.8. The average molecular weight is 310 g/mol. The molecule has 2 rings (SSSR count). The largest absolute Gasteiger partial charge is 0.382 e. The molecule has 1 unspecified atom stereocenters. The van der Waals surface area contributed by atoms with Gasteiger partial charge in [0.15, 0.2) is 0 Å². The quantitative estimate of drug-likeness (QED) is 0.945. The van der Waals surface area contributed by atoms with Gasteiger partial charge in [-0.05, 0) is 35.3 Å². The Morgan fingerprint density at radius 2 is 2.28 bits per heavy atom. The smallest absolute Gasteiger partial charge is 0.124 e. The Labute approximate surface area is 115 Å². The lowest BCUT2D eigenvalue weighted by atomic mass is 10.1. The van der Waals surface area contributed by atoms with Crippen LogP contribution in [0.2, 0.25) is 0 Å². The molecular weight excluding hydrogens is 294 g/mol. The van der Waals surface area contributed by atoms with Gasteiger partial charge < -0.3 is 5.11 Å². The molecule has 0 bridgehead atoms. The Kier molecular flexibility index (Phi) is 4.14. The monoisotopic (exact) mass is 309 g/mol. The van der Waals surface area contributed by atoms with Crippen LogP contribution in [0.25, 0.3) is 0 Å². The predicted octanol–water partition coefficient (Wildman–Crippen LogP) is 2.84. The molecule has 1 N–H and O–H groups in total. The van der Waals surface area contributed by atoms with Crippen LogP contribution in [-0.4, -0.2) is 19.9 Å². The first kappa shape index (κ1) is 13.2. The Morgan fingerprint density at radius 1 is 1.50 bits per heavy atom. The molecule has 0 amide bonds. The van der Waals surface area contributed by atoms with E-state index in [1.807, 2.05) is 23.7 Å². The first-order chi connectivity index (χ1) is 8.65. The van der Waals surface area contributed by atoms with Crippen molar-refractivity contribution in [3.63, 3.8) is 0 Å². The minimum Gasteiger partial charge on any atom is -0.382 e. The van der Waals surface area contributed by atoms with Gasteiger partial charge >= 0.3 is 0 Å². The zero-order chi connectivity index (χ0) is 13.1. The fraction of sp³-hybridized carbons (Fsp3) is 0.385. The highest BCUT2D eigenvalue weighted by Crippen LogP contribution is 2.29. The van der Waals surface area contributed by atoms with Gasteiger partial charge in [-0.15, -0.1) is 0 Å². The van der Waals surface area contributed by atoms with Gasteiger partial charge in [0.05, 0.1) is 16.4 Å². The number of aryl methyl sites for hydroxylation is 2. The van der Waals surface area contributed by atoms with Crippen LogP contribution in [0.3, 0.4) is 0 Å². The fourth-order valence-electron chi connectivity index (χ4n) is 1.97. The highest BCUT2D eigenvalue weighted by atomic mass is 79.9. The maximum Gasteiger partial charge on any atom is 0.124 e. The lowest BCUT2D eigenvalue weighted by Gasteiger charge is -2.15. The third-order valence-corrected chi connectivity index (χ3v) is 3.48. The second kappa shape index (κ2) is 5.63. The highest BCUT2D eigenvalue weighted by molar-refractivity contribution is 9.10. The Bertz CT molecular complexity index is 539. The molecule has 2 aromatic heterocycles. The summed E-state index contributed by atoms with van der Waals surface area (Å²) in [6.45, 7) is 4.77. The van der Waals surface area contributed by atoms with Crippen LogP contribution in [0.4, 0.5) is 0 Å². The van der Waals surface area contributed by atoms with Gasteiger partial charge in [0, 0.05) is 24.0 Å². The van der Waals surface area contributed by atoms with Gasteiger partial charge in [0.25, 0.3) is 0 Å². The molecule has 0 fully saturated rings. The molecule has 0 aliphatic heterocycles. The van der Waals surface area contributed by atoms with Crippen molar-refractivity contribution in [2.75, 3.05) is 0 Å². The van der Waals surface area contributed by atoms with Crippen LogP contribution in [0, 0.1) is 6.92 Å². The second-order valence-electron chi connectivity index (χ2n) is 4.18. The number of aromatic nitrogens is 3. The van der Waals surface area contributed by atoms with Gasteiger partial charge in [0.2, 0.25) is 0 Å². The molecule has 18 heavy (non-hydrogen) atoms. The minimum absolute atomic E-state index is 0.706. The van der Waals surface area contributed by atoms with Crippen LogP contribution in [-0.2, 0) is 6.54 Å². The summed E-state index contributed by atoms with van der Waals surface area (Å²) in [5.41, 5.74) is 2.44. The summed E-state index contributed by atoms with van der Waals surface area (Å²) in [7, 11) is 0. The van der Waals surface area contributed by atoms with Crippen molar-refractivity contribution in [2.24, 2.45) is 0 Å². The maximum absolute atomic E-state index is 10.5. The summed E-state index contributed by atoms with van der Waals surface area (Å²) in [6, 6.07) is 3.72. The van der Waals surface area contributed by atoms with E-state index in [1.165, 1.54) is 0 Å². The number of halogens is 1. The summed E-state index contributed by atoms with van der Waals surface area (Å²) in [4.78, 5) is 4.21. The van der Waals surface area contributed by atoms with Crippen molar-refractivity contribution in [3.8, 4) is 0 Å². The van der Waals surface area contributed by atoms with Crippen LogP contribution in [0.15, 0.2) is 29.0 Å². The minimum atomic E-state index is -0.706. The van der Waals surface area contributed by atoms with Crippen LogP contribution in [0.5, 0.6) is 0 Å². The van der Waals surface area contributed by atoms with E-state index < -0.39 is 6.10 Å². The van der Waals surface area contributed by atoms with Gasteiger partial charge in [-0.25, -0.2) is 0 Å². The number of nitrogens with zero attached hydrogens (tertiary/aromatic N) is 3. The van der Waals surface area contributed by atoms with Crippen molar-refractivity contribution in [2.45, 2.75) is 32.9 Å². The van der Waals surface area contributed by atoms with Crippen molar-refractivity contribution in [1.82, 2.24) is 14.8 Å². The third-order valence-electron chi connectivity index (χ3n) is 2.87. The molecule has 0 radical (unpaired) electrons. The first-order valence-corrected chi connectivity index (χ1v) is 6.75. The molecule has 0 aliphatic rings. The SMILES string of the molecule is CCCn1ncc(Br)c1C(O)c1cccnc1C. The van der Waals surface area contributed by atoms with E-state index in [1.54, 1.807) is 12.4 Å². The van der Waals surface area contributed by atoms with Crippen LogP contribution >= 0.6 is 15.9 Å². The van der Waals surface area contributed by atoms with Crippen molar-refractivity contribution >= 4 is 15.9 Å². The molecule has 1 atom stereocenters. The van der Waals surface area contributed by atoms with Gasteiger partial charge in [-0.1, -0.05) is 13.0 Å².